The molecule has 0 spiro atoms. The molecule has 24 nitrogen and oxygen atoms in total. The first-order chi connectivity index (χ1) is 56.6. The fraction of sp³-hybridized carbons (Fsp3) is 0.416. The number of carbonyl (C=O) groups is 4. The molecule has 8 aromatic heterocycles. The number of alkyl halides is 3. The normalized spacial score (nSPS) is 16.4. The Morgan fingerprint density at radius 1 is 0.438 bits per heavy atom. The van der Waals surface area contributed by atoms with Gasteiger partial charge in [0.15, 0.2) is 48.5 Å². The van der Waals surface area contributed by atoms with Gasteiger partial charge in [0.25, 0.3) is 0 Å². The molecule has 0 amide bonds. The van der Waals surface area contributed by atoms with E-state index < -0.39 is 48.2 Å². The largest absolute Gasteiger partial charge is 0.434 e. The van der Waals surface area contributed by atoms with Crippen molar-refractivity contribution in [1.29, 1.82) is 0 Å². The number of benzene rings is 4. The van der Waals surface area contributed by atoms with Crippen LogP contribution < -0.4 is 20.0 Å². The zero-order chi connectivity index (χ0) is 87.2. The van der Waals surface area contributed by atoms with Crippen LogP contribution >= 0.6 is 35.1 Å². The van der Waals surface area contributed by atoms with Crippen molar-refractivity contribution >= 4 is 139 Å². The minimum atomic E-state index is -4.70. The summed E-state index contributed by atoms with van der Waals surface area (Å²) in [5.74, 6) is 2.70. The summed E-state index contributed by atoms with van der Waals surface area (Å²) in [6.07, 6.45) is 7.68. The molecule has 4 aliphatic rings. The van der Waals surface area contributed by atoms with E-state index in [4.69, 9.17) is 11.6 Å². The van der Waals surface area contributed by atoms with Crippen LogP contribution in [0.3, 0.4) is 0 Å². The molecule has 32 heteroatoms. The molecule has 121 heavy (non-hydrogen) atoms. The second-order valence-corrected chi connectivity index (χ2v) is 38.3. The van der Waals surface area contributed by atoms with E-state index >= 15 is 0 Å². The van der Waals surface area contributed by atoms with E-state index in [0.29, 0.717) is 99.8 Å². The molecule has 16 rings (SSSR count). The van der Waals surface area contributed by atoms with Gasteiger partial charge in [0.2, 0.25) is 23.1 Å². The Kier molecular flexibility index (Phi) is 28.1. The van der Waals surface area contributed by atoms with Gasteiger partial charge >= 0.3 is 6.18 Å². The summed E-state index contributed by atoms with van der Waals surface area (Å²) in [6.45, 7) is 35.5. The van der Waals surface area contributed by atoms with Gasteiger partial charge < -0.3 is 38.3 Å². The summed E-state index contributed by atoms with van der Waals surface area (Å²) in [7, 11) is -6.54. The van der Waals surface area contributed by atoms with Crippen molar-refractivity contribution in [2.75, 3.05) is 65.9 Å². The maximum absolute atomic E-state index is 12.3. The van der Waals surface area contributed by atoms with E-state index in [1.807, 2.05) is 44.7 Å². The van der Waals surface area contributed by atoms with Gasteiger partial charge in [-0.15, -0.1) is 23.5 Å². The van der Waals surface area contributed by atoms with Crippen molar-refractivity contribution < 1.29 is 49.2 Å². The van der Waals surface area contributed by atoms with Gasteiger partial charge in [-0.2, -0.15) is 13.2 Å². The van der Waals surface area contributed by atoms with Crippen LogP contribution in [0.2, 0.25) is 5.28 Å². The Balaban J connectivity index is 0.000000151. The monoisotopic (exact) mass is 1750 g/mol. The quantitative estimate of drug-likeness (QED) is 0.0567. The third kappa shape index (κ3) is 19.5. The molecule has 4 aliphatic heterocycles. The van der Waals surface area contributed by atoms with Crippen molar-refractivity contribution in [3.8, 4) is 0 Å². The van der Waals surface area contributed by atoms with Gasteiger partial charge in [-0.05, 0) is 174 Å². The van der Waals surface area contributed by atoms with Crippen LogP contribution in [0.1, 0.15) is 202 Å². The van der Waals surface area contributed by atoms with Crippen LogP contribution in [0.15, 0.2) is 141 Å². The van der Waals surface area contributed by atoms with Gasteiger partial charge in [0.05, 0.1) is 67.3 Å². The Morgan fingerprint density at radius 3 is 1.05 bits per heavy atom. The van der Waals surface area contributed by atoms with Gasteiger partial charge in [0.1, 0.15) is 0 Å². The summed E-state index contributed by atoms with van der Waals surface area (Å²) in [4.78, 5) is 89.8. The fourth-order valence-corrected chi connectivity index (χ4v) is 19.0. The lowest BCUT2D eigenvalue weighted by Gasteiger charge is -2.39. The van der Waals surface area contributed by atoms with Crippen LogP contribution in [-0.2, 0) is 52.0 Å². The first kappa shape index (κ1) is 91.8. The van der Waals surface area contributed by atoms with E-state index in [0.717, 1.165) is 78.2 Å². The predicted octanol–water partition coefficient (Wildman–Crippen LogP) is 18.7. The molecule has 2 unspecified atom stereocenters. The van der Waals surface area contributed by atoms with E-state index in [2.05, 4.69) is 207 Å². The second-order valence-electron chi connectivity index (χ2n) is 32.2. The lowest BCUT2D eigenvalue weighted by molar-refractivity contribution is -0.141. The molecule has 0 bridgehead atoms. The molecular formula is C89H106ClF3N16O8S4. The Morgan fingerprint density at radius 2 is 0.752 bits per heavy atom. The maximum Gasteiger partial charge on any atom is 0.434 e. The SMILES string of the molecule is C.CC(=O)c1cnc(Cl)nc1C(F)(F)F.CC(=O)c1cnc(N2CCn3c(cc4ccc(S(C)(=O)=O)cc43)[C@@H]2C(C)C)nc1C.CC(=O)c1cnc(N2CCn3c(cc4ccc(S(C)(=O)=O)cc43)[C@H]2C(C)C)nc1C.CSc1ccc2cc3n(c2c1)CCN(c1ncc(C(C)=O)c(C)n1)C3C(C)C.CSc1ccc2cc3n(c2c1)CCNC3C(C)C. The molecule has 642 valence electrons. The number of carbonyl (C=O) groups excluding carboxylic acids is 4. The van der Waals surface area contributed by atoms with E-state index in [1.165, 1.54) is 69.3 Å². The Bertz CT molecular complexity index is 6000. The van der Waals surface area contributed by atoms with E-state index in [9.17, 15) is 49.2 Å². The van der Waals surface area contributed by atoms with Crippen LogP contribution in [0, 0.1) is 44.4 Å². The highest BCUT2D eigenvalue weighted by Gasteiger charge is 2.40. The highest BCUT2D eigenvalue weighted by atomic mass is 35.5. The number of anilines is 3. The molecule has 0 fully saturated rings. The van der Waals surface area contributed by atoms with Crippen molar-refractivity contribution in [2.45, 2.75) is 187 Å². The number of hydrogen-bond acceptors (Lipinski definition) is 22. The van der Waals surface area contributed by atoms with Gasteiger partial charge in [-0.3, -0.25) is 19.2 Å². The zero-order valence-corrected chi connectivity index (χ0v) is 75.0. The number of nitrogens with zero attached hydrogens (tertiary/aromatic N) is 15. The first-order valence-corrected chi connectivity index (χ1v) is 46.4. The van der Waals surface area contributed by atoms with Crippen molar-refractivity contribution in [3.05, 3.63) is 195 Å². The van der Waals surface area contributed by atoms with Gasteiger partial charge in [0, 0.05) is 166 Å². The number of Topliss-reactive ketones (excluding diaryl/α,β-unsaturated/α-hetero) is 4. The third-order valence-electron chi connectivity index (χ3n) is 22.4. The minimum Gasteiger partial charge on any atom is -0.342 e. The van der Waals surface area contributed by atoms with Gasteiger partial charge in [-0.1, -0.05) is 87.1 Å². The van der Waals surface area contributed by atoms with Crippen LogP contribution in [0.5, 0.6) is 0 Å². The fourth-order valence-electron chi connectivity index (χ4n) is 16.7. The molecule has 4 aromatic carbocycles. The average molecular weight is 1750 g/mol. The van der Waals surface area contributed by atoms with Crippen molar-refractivity contribution in [1.82, 2.24) is 63.5 Å². The summed E-state index contributed by atoms with van der Waals surface area (Å²) in [5.41, 5.74) is 11.5. The van der Waals surface area contributed by atoms with E-state index in [-0.39, 0.29) is 54.7 Å². The maximum atomic E-state index is 12.3. The summed E-state index contributed by atoms with van der Waals surface area (Å²) >= 11 is 8.79. The van der Waals surface area contributed by atoms with Crippen LogP contribution in [0.4, 0.5) is 31.0 Å². The minimum absolute atomic E-state index is 0. The summed E-state index contributed by atoms with van der Waals surface area (Å²) in [6, 6.07) is 33.8. The zero-order valence-electron chi connectivity index (χ0n) is 70.9. The number of fused-ring (bicyclic) bond motifs is 12. The Hall–Kier alpha value is -9.92. The number of sulfone groups is 2. The number of aromatic nitrogens is 12. The lowest BCUT2D eigenvalue weighted by atomic mass is 9.97. The third-order valence-corrected chi connectivity index (χ3v) is 26.2. The van der Waals surface area contributed by atoms with Crippen LogP contribution in [-0.4, -0.2) is 149 Å². The number of hydrogen-bond donors (Lipinski definition) is 1. The number of ketones is 4. The van der Waals surface area contributed by atoms with Gasteiger partial charge in [-0.25, -0.2) is 56.7 Å². The summed E-state index contributed by atoms with van der Waals surface area (Å²) in [5, 5.41) is 7.80. The molecule has 0 radical (unpaired) electrons. The molecule has 4 atom stereocenters. The smallest absolute Gasteiger partial charge is 0.342 e. The molecule has 12 aromatic rings. The van der Waals surface area contributed by atoms with Crippen LogP contribution in [0.25, 0.3) is 43.6 Å². The topological polar surface area (TPSA) is 281 Å². The predicted molar refractivity (Wildman–Crippen MR) is 477 cm³/mol. The Labute approximate surface area is 719 Å². The molecular weight excluding hydrogens is 1640 g/mol. The molecule has 0 saturated carbocycles. The van der Waals surface area contributed by atoms with Crippen molar-refractivity contribution in [2.24, 2.45) is 23.7 Å². The number of aryl methyl sites for hydroxylation is 3. The lowest BCUT2D eigenvalue weighted by Crippen LogP contribution is -2.41. The second kappa shape index (κ2) is 37.0. The number of thioether (sulfide) groups is 2. The molecule has 0 aliphatic carbocycles. The number of rotatable bonds is 15. The average Bonchev–Trinajstić information content (AvgIpc) is 1.61. The molecule has 12 heterocycles. The van der Waals surface area contributed by atoms with E-state index in [1.54, 1.807) is 61.5 Å². The molecule has 1 N–H and O–H groups in total. The highest BCUT2D eigenvalue weighted by Crippen LogP contribution is 2.44. The highest BCUT2D eigenvalue weighted by molar-refractivity contribution is 7.98. The number of halogens is 4. The standard InChI is InChI=1S/2C22H26N4O3S.C22H26N4OS.C15H20N2S.C7H4ClF3N2O.CH4/c2*1-13(2)21-20-10-16-6-7-17(30(5,28)29)11-19(16)25(20)8-9-26(21)22-23-12-18(15(4)27)14(3)24-22;1-13(2)21-20-10-16-6-7-17(28-5)11-19(16)25(20)8-9-26(21)22-23-12-18(15(4)27)14(3)24-22;1-10(2)15-14-8-11-4-5-12(18-3)9-13(11)17(14)7-6-16-15;1-3(14)4-2-12-6(8)13-5(4)7(9,10)11;/h2*6-7,10-13,21H,8-9H2,1-5H3;6-7,10-13,21H,8-9H2,1-5H3;4-5,8-10,15-16H,6-7H2,1-3H3;2H,1H3;1H4/t2*21-;;;;/m10..../s1. The number of nitrogens with one attached hydrogen (secondary N) is 1. The first-order valence-electron chi connectivity index (χ1n) is 39.8. The van der Waals surface area contributed by atoms with Crippen molar-refractivity contribution in [3.63, 3.8) is 0 Å². The summed E-state index contributed by atoms with van der Waals surface area (Å²) < 4.78 is 94.3. The molecule has 0 saturated heterocycles.